The van der Waals surface area contributed by atoms with Gasteiger partial charge in [0.15, 0.2) is 0 Å². The summed E-state index contributed by atoms with van der Waals surface area (Å²) in [6, 6.07) is 0. The van der Waals surface area contributed by atoms with Crippen molar-refractivity contribution in [1.29, 1.82) is 0 Å². The van der Waals surface area contributed by atoms with E-state index in [0.717, 1.165) is 13.1 Å². The van der Waals surface area contributed by atoms with E-state index >= 15 is 0 Å². The van der Waals surface area contributed by atoms with Crippen molar-refractivity contribution in [3.63, 3.8) is 0 Å². The molecule has 0 atom stereocenters. The van der Waals surface area contributed by atoms with Crippen LogP contribution in [0.2, 0.25) is 0 Å². The van der Waals surface area contributed by atoms with Gasteiger partial charge in [-0.05, 0) is 0 Å². The molecule has 0 radical (unpaired) electrons. The Labute approximate surface area is 99.3 Å². The molecular weight excluding hydrogens is 316 g/mol. The van der Waals surface area contributed by atoms with E-state index in [4.69, 9.17) is 10.2 Å². The summed E-state index contributed by atoms with van der Waals surface area (Å²) in [6.07, 6.45) is 3.76. The van der Waals surface area contributed by atoms with Gasteiger partial charge in [0.05, 0.1) is 0 Å². The molecule has 0 aromatic carbocycles. The molecule has 0 bridgehead atoms. The van der Waals surface area contributed by atoms with Crippen LogP contribution in [-0.2, 0) is 0 Å². The van der Waals surface area contributed by atoms with E-state index in [9.17, 15) is 0 Å². The average molecular weight is 331 g/mol. The Morgan fingerprint density at radius 1 is 1.14 bits per heavy atom. The van der Waals surface area contributed by atoms with Crippen LogP contribution in [-0.4, -0.2) is 68.9 Å². The number of aliphatic hydroxyl groups is 2. The van der Waals surface area contributed by atoms with Gasteiger partial charge >= 0.3 is 99.3 Å². The molecule has 1 heterocycles. The van der Waals surface area contributed by atoms with Crippen LogP contribution in [0, 0.1) is 0 Å². The van der Waals surface area contributed by atoms with E-state index in [1.54, 1.807) is 0 Å². The van der Waals surface area contributed by atoms with Crippen LogP contribution >= 0.6 is 0 Å². The molecule has 0 unspecified atom stereocenters. The van der Waals surface area contributed by atoms with Crippen molar-refractivity contribution in [2.75, 3.05) is 13.1 Å². The van der Waals surface area contributed by atoms with Crippen LogP contribution in [0.4, 0.5) is 0 Å². The maximum absolute atomic E-state index is 8.81. The molecule has 5 N–H and O–H groups in total. The van der Waals surface area contributed by atoms with Crippen LogP contribution in [0.3, 0.4) is 0 Å². The molecule has 0 aromatic heterocycles. The number of nitrogens with zero attached hydrogens (tertiary/aromatic N) is 1. The molecule has 0 aliphatic carbocycles. The number of piperidine rings is 1. The van der Waals surface area contributed by atoms with Crippen molar-refractivity contribution in [2.24, 2.45) is 5.73 Å². The van der Waals surface area contributed by atoms with Crippen molar-refractivity contribution >= 4 is 40.6 Å². The van der Waals surface area contributed by atoms with Crippen LogP contribution in [0.5, 0.6) is 0 Å². The van der Waals surface area contributed by atoms with Crippen molar-refractivity contribution < 1.29 is 10.2 Å². The van der Waals surface area contributed by atoms with Gasteiger partial charge in [-0.1, -0.05) is 0 Å². The first-order valence-electron chi connectivity index (χ1n) is 4.25. The summed E-state index contributed by atoms with van der Waals surface area (Å²) in [7, 11) is 0. The predicted octanol–water partition coefficient (Wildman–Crippen LogP) is -1.82. The Morgan fingerprint density at radius 2 is 1.57 bits per heavy atom. The van der Waals surface area contributed by atoms with Gasteiger partial charge in [0, 0.05) is 0 Å². The first-order valence-corrected chi connectivity index (χ1v) is 5.96. The SMILES string of the molecule is NC(O)=[Se].OC(=[Se])NN1CCCCC1. The number of hydrogen-bond donors (Lipinski definition) is 4. The molecule has 7 heteroatoms. The van der Waals surface area contributed by atoms with E-state index < -0.39 is 0 Å². The first kappa shape index (κ1) is 13.9. The third-order valence-electron chi connectivity index (χ3n) is 1.61. The number of aliphatic hydroxyl groups excluding tert-OH is 2. The standard InChI is InChI=1S/C6H12N2OSe.CH3NOSe/c9-6(10)7-8-4-2-1-3-5-8;2-1(3)4/h1-5H2,(H2,7,9,10);(H3,2,3,4). The van der Waals surface area contributed by atoms with Gasteiger partial charge < -0.3 is 0 Å². The van der Waals surface area contributed by atoms with E-state index in [-0.39, 0.29) is 9.45 Å². The number of nitrogens with one attached hydrogen (secondary N) is 1. The Balaban J connectivity index is 0.000000364. The fourth-order valence-electron chi connectivity index (χ4n) is 1.14. The molecule has 1 saturated heterocycles. The van der Waals surface area contributed by atoms with Gasteiger partial charge in [-0.3, -0.25) is 0 Å². The van der Waals surface area contributed by atoms with Crippen LogP contribution in [0.15, 0.2) is 0 Å². The predicted molar refractivity (Wildman–Crippen MR) is 58.1 cm³/mol. The first-order chi connectivity index (χ1) is 6.52. The van der Waals surface area contributed by atoms with Crippen molar-refractivity contribution in [3.8, 4) is 0 Å². The Hall–Kier alpha value is -0.0610. The molecule has 82 valence electrons. The van der Waals surface area contributed by atoms with Gasteiger partial charge in [0.2, 0.25) is 0 Å². The molecule has 5 nitrogen and oxygen atoms in total. The number of rotatable bonds is 2. The summed E-state index contributed by atoms with van der Waals surface area (Å²) >= 11 is 4.66. The molecule has 0 aromatic rings. The molecule has 1 fully saturated rings. The molecule has 1 aliphatic heterocycles. The number of nitrogens with two attached hydrogens (primary N) is 1. The van der Waals surface area contributed by atoms with Gasteiger partial charge in [-0.25, -0.2) is 0 Å². The van der Waals surface area contributed by atoms with Crippen molar-refractivity contribution in [2.45, 2.75) is 19.3 Å². The Bertz CT molecular complexity index is 191. The summed E-state index contributed by atoms with van der Waals surface area (Å²) in [5.41, 5.74) is 7.36. The molecule has 14 heavy (non-hydrogen) atoms. The number of hydrazine groups is 1. The zero-order valence-electron chi connectivity index (χ0n) is 7.77. The molecule has 1 aliphatic rings. The van der Waals surface area contributed by atoms with Gasteiger partial charge in [0.1, 0.15) is 0 Å². The van der Waals surface area contributed by atoms with E-state index in [1.807, 2.05) is 5.01 Å². The van der Waals surface area contributed by atoms with Gasteiger partial charge in [-0.2, -0.15) is 0 Å². The summed E-state index contributed by atoms with van der Waals surface area (Å²) in [5.74, 6) is 0. The Morgan fingerprint density at radius 3 is 1.93 bits per heavy atom. The third-order valence-corrected chi connectivity index (χ3v) is 1.80. The molecular formula is C7H15N3O2Se2. The molecule has 0 amide bonds. The van der Waals surface area contributed by atoms with E-state index in [2.05, 4.69) is 42.3 Å². The maximum atomic E-state index is 8.81. The topological polar surface area (TPSA) is 81.8 Å². The average Bonchev–Trinajstić information content (AvgIpc) is 2.03. The second-order valence-electron chi connectivity index (χ2n) is 2.80. The minimum absolute atomic E-state index is 0.168. The summed E-state index contributed by atoms with van der Waals surface area (Å²) in [4.78, 5) is 0. The van der Waals surface area contributed by atoms with Crippen molar-refractivity contribution in [1.82, 2.24) is 10.4 Å². The zero-order valence-corrected chi connectivity index (χ0v) is 11.2. The van der Waals surface area contributed by atoms with Crippen LogP contribution in [0.1, 0.15) is 19.3 Å². The quantitative estimate of drug-likeness (QED) is 0.448. The van der Waals surface area contributed by atoms with E-state index in [1.165, 1.54) is 19.3 Å². The Kier molecular flexibility index (Phi) is 8.23. The minimum atomic E-state index is -0.208. The second kappa shape index (κ2) is 8.26. The molecule has 0 spiro atoms. The summed E-state index contributed by atoms with van der Waals surface area (Å²) < 4.78 is -0.0399. The van der Waals surface area contributed by atoms with Crippen molar-refractivity contribution in [3.05, 3.63) is 0 Å². The van der Waals surface area contributed by atoms with Crippen LogP contribution < -0.4 is 11.2 Å². The third kappa shape index (κ3) is 10.0. The van der Waals surface area contributed by atoms with E-state index in [0.29, 0.717) is 0 Å². The summed E-state index contributed by atoms with van der Waals surface area (Å²) in [6.45, 7) is 2.07. The normalized spacial score (nSPS) is 16.3. The number of hydrogen-bond acceptors (Lipinski definition) is 5. The second-order valence-corrected chi connectivity index (χ2v) is 4.49. The fourth-order valence-corrected chi connectivity index (χ4v) is 1.41. The van der Waals surface area contributed by atoms with Crippen LogP contribution in [0.25, 0.3) is 0 Å². The van der Waals surface area contributed by atoms with Gasteiger partial charge in [0.25, 0.3) is 0 Å². The van der Waals surface area contributed by atoms with Gasteiger partial charge in [-0.15, -0.1) is 0 Å². The molecule has 0 saturated carbocycles. The monoisotopic (exact) mass is 333 g/mol. The fraction of sp³-hybridized carbons (Fsp3) is 0.714. The molecule has 1 rings (SSSR count). The zero-order chi connectivity index (χ0) is 11.0. The summed E-state index contributed by atoms with van der Waals surface area (Å²) in [5, 5.41) is 18.5.